The van der Waals surface area contributed by atoms with Gasteiger partial charge in [0.05, 0.1) is 0 Å². The van der Waals surface area contributed by atoms with E-state index < -0.39 is 25.0 Å². The molecule has 0 aliphatic heterocycles. The monoisotopic (exact) mass is 370 g/mol. The van der Waals surface area contributed by atoms with Crippen molar-refractivity contribution in [3.05, 3.63) is 29.8 Å². The Hall–Kier alpha value is -0.409. The van der Waals surface area contributed by atoms with Gasteiger partial charge in [-0.2, -0.15) is 0 Å². The van der Waals surface area contributed by atoms with Gasteiger partial charge in [-0.15, -0.1) is 0 Å². The van der Waals surface area contributed by atoms with Gasteiger partial charge >= 0.3 is 0 Å². The molecule has 1 rings (SSSR count). The van der Waals surface area contributed by atoms with Crippen LogP contribution in [0.5, 0.6) is 5.75 Å². The molecule has 0 heterocycles. The van der Waals surface area contributed by atoms with Gasteiger partial charge in [-0.3, -0.25) is 0 Å². The van der Waals surface area contributed by atoms with Gasteiger partial charge in [0, 0.05) is 6.42 Å². The molecule has 1 aromatic carbocycles. The third kappa shape index (κ3) is 10.1. The third-order valence-electron chi connectivity index (χ3n) is 2.72. The summed E-state index contributed by atoms with van der Waals surface area (Å²) in [4.78, 5) is 0. The van der Waals surface area contributed by atoms with Gasteiger partial charge in [-0.1, -0.05) is 12.1 Å². The Kier molecular flexibility index (Phi) is 6.86. The minimum atomic E-state index is -1.64. The summed E-state index contributed by atoms with van der Waals surface area (Å²) in [7, 11) is -4.83. The second-order valence-electron chi connectivity index (χ2n) is 8.95. The molecule has 0 bridgehead atoms. The number of rotatable bonds is 8. The summed E-state index contributed by atoms with van der Waals surface area (Å²) >= 11 is 0. The highest BCUT2D eigenvalue weighted by Gasteiger charge is 2.27. The Morgan fingerprint density at radius 3 is 1.48 bits per heavy atom. The predicted molar refractivity (Wildman–Crippen MR) is 107 cm³/mol. The molecule has 0 N–H and O–H groups in total. The highest BCUT2D eigenvalue weighted by atomic mass is 28.4. The lowest BCUT2D eigenvalue weighted by Crippen LogP contribution is -2.41. The lowest BCUT2D eigenvalue weighted by atomic mass is 10.1. The van der Waals surface area contributed by atoms with E-state index in [0.717, 1.165) is 12.2 Å². The molecule has 0 saturated heterocycles. The standard InChI is InChI=1S/C17H34O3Si3/c1-21(2,3)18-16-12-10-15(11-13-16)14-17(19-22(4,5)6)20-23(7,8)9/h10-13,17H,14H2,1-9H3. The lowest BCUT2D eigenvalue weighted by molar-refractivity contribution is -0.00633. The van der Waals surface area contributed by atoms with Gasteiger partial charge in [0.2, 0.25) is 8.32 Å². The molecule has 0 radical (unpaired) electrons. The Bertz CT molecular complexity index is 466. The molecule has 23 heavy (non-hydrogen) atoms. The van der Waals surface area contributed by atoms with Gasteiger partial charge < -0.3 is 13.3 Å². The van der Waals surface area contributed by atoms with Crippen molar-refractivity contribution < 1.29 is 13.3 Å². The minimum absolute atomic E-state index is 0.142. The summed E-state index contributed by atoms with van der Waals surface area (Å²) in [6, 6.07) is 8.38. The Morgan fingerprint density at radius 2 is 1.13 bits per heavy atom. The smallest absolute Gasteiger partial charge is 0.242 e. The largest absolute Gasteiger partial charge is 0.544 e. The lowest BCUT2D eigenvalue weighted by Gasteiger charge is -2.31. The van der Waals surface area contributed by atoms with E-state index in [2.05, 4.69) is 83.2 Å². The van der Waals surface area contributed by atoms with E-state index in [0.29, 0.717) is 0 Å². The minimum Gasteiger partial charge on any atom is -0.544 e. The summed E-state index contributed by atoms with van der Waals surface area (Å²) < 4.78 is 18.5. The van der Waals surface area contributed by atoms with Crippen molar-refractivity contribution in [2.24, 2.45) is 0 Å². The molecule has 0 saturated carbocycles. The van der Waals surface area contributed by atoms with Gasteiger partial charge in [0.25, 0.3) is 0 Å². The van der Waals surface area contributed by atoms with Crippen LogP contribution in [0.15, 0.2) is 24.3 Å². The van der Waals surface area contributed by atoms with Crippen molar-refractivity contribution in [1.29, 1.82) is 0 Å². The van der Waals surface area contributed by atoms with Crippen LogP contribution in [0.2, 0.25) is 58.9 Å². The van der Waals surface area contributed by atoms with Crippen molar-refractivity contribution in [2.75, 3.05) is 0 Å². The quantitative estimate of drug-likeness (QED) is 0.448. The van der Waals surface area contributed by atoms with Crippen molar-refractivity contribution >= 4 is 25.0 Å². The molecular formula is C17H34O3Si3. The summed E-state index contributed by atoms with van der Waals surface area (Å²) in [6.45, 7) is 19.8. The average Bonchev–Trinajstić information content (AvgIpc) is 2.25. The first-order valence-electron chi connectivity index (χ1n) is 8.37. The number of hydrogen-bond donors (Lipinski definition) is 0. The first-order valence-corrected chi connectivity index (χ1v) is 18.6. The van der Waals surface area contributed by atoms with Crippen molar-refractivity contribution in [3.8, 4) is 5.75 Å². The molecule has 132 valence electrons. The van der Waals surface area contributed by atoms with E-state index in [1.165, 1.54) is 5.56 Å². The second kappa shape index (κ2) is 7.65. The van der Waals surface area contributed by atoms with E-state index in [4.69, 9.17) is 13.3 Å². The maximum atomic E-state index is 6.26. The zero-order chi connectivity index (χ0) is 17.9. The van der Waals surface area contributed by atoms with Crippen LogP contribution in [0.3, 0.4) is 0 Å². The summed E-state index contributed by atoms with van der Waals surface area (Å²) in [5.74, 6) is 0.960. The fourth-order valence-corrected chi connectivity index (χ4v) is 4.92. The first kappa shape index (κ1) is 20.6. The maximum Gasteiger partial charge on any atom is 0.242 e. The van der Waals surface area contributed by atoms with Crippen LogP contribution in [-0.2, 0) is 15.3 Å². The predicted octanol–water partition coefficient (Wildman–Crippen LogP) is 5.47. The summed E-state index contributed by atoms with van der Waals surface area (Å²) in [5.41, 5.74) is 1.23. The maximum absolute atomic E-state index is 6.26. The van der Waals surface area contributed by atoms with Crippen LogP contribution in [0.1, 0.15) is 5.56 Å². The zero-order valence-electron chi connectivity index (χ0n) is 16.3. The molecule has 1 aromatic rings. The molecule has 3 nitrogen and oxygen atoms in total. The molecule has 0 fully saturated rings. The molecular weight excluding hydrogens is 336 g/mol. The van der Waals surface area contributed by atoms with E-state index in [1.54, 1.807) is 0 Å². The normalized spacial score (nSPS) is 13.5. The molecule has 0 aliphatic carbocycles. The fourth-order valence-electron chi connectivity index (χ4n) is 2.14. The van der Waals surface area contributed by atoms with Gasteiger partial charge in [-0.25, -0.2) is 0 Å². The van der Waals surface area contributed by atoms with Crippen LogP contribution in [0.25, 0.3) is 0 Å². The molecule has 0 spiro atoms. The molecule has 0 aromatic heterocycles. The molecule has 6 heteroatoms. The van der Waals surface area contributed by atoms with E-state index in [-0.39, 0.29) is 6.29 Å². The average molecular weight is 371 g/mol. The van der Waals surface area contributed by atoms with Crippen LogP contribution in [-0.4, -0.2) is 31.2 Å². The molecule has 0 atom stereocenters. The van der Waals surface area contributed by atoms with Crippen LogP contribution >= 0.6 is 0 Å². The summed E-state index contributed by atoms with van der Waals surface area (Å²) in [6.07, 6.45) is 0.652. The van der Waals surface area contributed by atoms with Crippen molar-refractivity contribution in [1.82, 2.24) is 0 Å². The van der Waals surface area contributed by atoms with Gasteiger partial charge in [0.15, 0.2) is 16.6 Å². The van der Waals surface area contributed by atoms with E-state index in [1.807, 2.05) is 0 Å². The van der Waals surface area contributed by atoms with Crippen LogP contribution < -0.4 is 4.43 Å². The molecule has 0 aliphatic rings. The van der Waals surface area contributed by atoms with Gasteiger partial charge in [0.1, 0.15) is 12.0 Å². The van der Waals surface area contributed by atoms with Crippen LogP contribution in [0.4, 0.5) is 0 Å². The highest BCUT2D eigenvalue weighted by Crippen LogP contribution is 2.21. The third-order valence-corrected chi connectivity index (χ3v) is 5.51. The zero-order valence-corrected chi connectivity index (χ0v) is 19.3. The summed E-state index contributed by atoms with van der Waals surface area (Å²) in [5, 5.41) is 0. The fraction of sp³-hybridized carbons (Fsp3) is 0.647. The first-order chi connectivity index (χ1) is 10.2. The SMILES string of the molecule is C[Si](C)(C)Oc1ccc(CC(O[Si](C)(C)C)O[Si](C)(C)C)cc1. The topological polar surface area (TPSA) is 27.7 Å². The number of hydrogen-bond acceptors (Lipinski definition) is 3. The van der Waals surface area contributed by atoms with Gasteiger partial charge in [-0.05, 0) is 76.6 Å². The van der Waals surface area contributed by atoms with Crippen molar-refractivity contribution in [3.63, 3.8) is 0 Å². The van der Waals surface area contributed by atoms with E-state index >= 15 is 0 Å². The molecule has 0 amide bonds. The second-order valence-corrected chi connectivity index (χ2v) is 22.3. The van der Waals surface area contributed by atoms with E-state index in [9.17, 15) is 0 Å². The Morgan fingerprint density at radius 1 is 0.696 bits per heavy atom. The highest BCUT2D eigenvalue weighted by molar-refractivity contribution is 6.71. The van der Waals surface area contributed by atoms with Crippen LogP contribution in [0, 0.1) is 0 Å². The Balaban J connectivity index is 2.79. The number of benzene rings is 1. The molecule has 0 unspecified atom stereocenters. The van der Waals surface area contributed by atoms with Crippen molar-refractivity contribution in [2.45, 2.75) is 71.6 Å². The Labute approximate surface area is 145 Å².